The molecule has 0 bridgehead atoms. The van der Waals surface area contributed by atoms with Crippen molar-refractivity contribution in [1.82, 2.24) is 4.90 Å². The number of likely N-dealkylation sites (N-methyl/N-ethyl adjacent to an activating group) is 1. The average Bonchev–Trinajstić information content (AvgIpc) is 2.81. The Morgan fingerprint density at radius 3 is 2.67 bits per heavy atom. The van der Waals surface area contributed by atoms with E-state index in [1.807, 2.05) is 20.8 Å². The second kappa shape index (κ2) is 6.10. The van der Waals surface area contributed by atoms with Gasteiger partial charge in [-0.25, -0.2) is 4.79 Å². The Morgan fingerprint density at radius 2 is 2.05 bits per heavy atom. The number of carbonyl (C=O) groups excluding carboxylic acids is 1. The van der Waals surface area contributed by atoms with Crippen LogP contribution in [0.5, 0.6) is 0 Å². The summed E-state index contributed by atoms with van der Waals surface area (Å²) < 4.78 is 22.4. The fourth-order valence-corrected chi connectivity index (χ4v) is 2.94. The lowest BCUT2D eigenvalue weighted by molar-refractivity contribution is -0.170. The van der Waals surface area contributed by atoms with Crippen molar-refractivity contribution < 1.29 is 23.7 Å². The summed E-state index contributed by atoms with van der Waals surface area (Å²) in [6.45, 7) is 7.32. The molecule has 0 radical (unpaired) electrons. The number of hydrogen-bond acceptors (Lipinski definition) is 5. The van der Waals surface area contributed by atoms with E-state index >= 15 is 0 Å². The molecule has 2 fully saturated rings. The number of rotatable bonds is 2. The summed E-state index contributed by atoms with van der Waals surface area (Å²) in [6, 6.07) is 0.00981. The molecule has 2 aliphatic rings. The molecule has 2 heterocycles. The molecule has 1 spiro atoms. The predicted molar refractivity (Wildman–Crippen MR) is 77.3 cm³/mol. The maximum atomic E-state index is 12.2. The monoisotopic (exact) mass is 301 g/mol. The number of hydrogen-bond donors (Lipinski definition) is 0. The first-order valence-electron chi connectivity index (χ1n) is 7.48. The number of methoxy groups -OCH3 is 1. The maximum Gasteiger partial charge on any atom is 0.410 e. The lowest BCUT2D eigenvalue weighted by Gasteiger charge is -2.39. The molecule has 0 aromatic carbocycles. The predicted octanol–water partition coefficient (Wildman–Crippen LogP) is 1.82. The van der Waals surface area contributed by atoms with E-state index in [1.54, 1.807) is 19.1 Å². The van der Waals surface area contributed by atoms with Gasteiger partial charge in [0.2, 0.25) is 0 Å². The lowest BCUT2D eigenvalue weighted by Crippen LogP contribution is -2.51. The van der Waals surface area contributed by atoms with Crippen LogP contribution in [-0.4, -0.2) is 68.3 Å². The van der Waals surface area contributed by atoms with E-state index in [9.17, 15) is 4.79 Å². The van der Waals surface area contributed by atoms with Crippen LogP contribution in [0.25, 0.3) is 0 Å². The molecular weight excluding hydrogens is 274 g/mol. The van der Waals surface area contributed by atoms with Crippen molar-refractivity contribution in [2.45, 2.75) is 57.0 Å². The molecule has 2 saturated heterocycles. The topological polar surface area (TPSA) is 57.2 Å². The zero-order chi connectivity index (χ0) is 15.7. The van der Waals surface area contributed by atoms with Gasteiger partial charge in [-0.2, -0.15) is 0 Å². The van der Waals surface area contributed by atoms with Gasteiger partial charge in [-0.3, -0.25) is 0 Å². The minimum atomic E-state index is -0.490. The standard InChI is InChI=1S/C15H27NO5/c1-14(2,3)21-13(17)16(4)11-8-15(20-9-11)6-7-19-10-12(15)18-5/h11-12H,6-10H2,1-5H3/t11-,12+,15+/m0/s1. The number of nitrogens with zero attached hydrogens (tertiary/aromatic N) is 1. The highest BCUT2D eigenvalue weighted by molar-refractivity contribution is 5.68. The van der Waals surface area contributed by atoms with Gasteiger partial charge in [0.05, 0.1) is 19.3 Å². The summed E-state index contributed by atoms with van der Waals surface area (Å²) in [6.07, 6.45) is 1.16. The van der Waals surface area contributed by atoms with Gasteiger partial charge < -0.3 is 23.8 Å². The molecule has 1 amide bonds. The fourth-order valence-electron chi connectivity index (χ4n) is 2.94. The molecule has 0 aromatic heterocycles. The van der Waals surface area contributed by atoms with Crippen LogP contribution in [0.15, 0.2) is 0 Å². The Kier molecular flexibility index (Phi) is 4.80. The van der Waals surface area contributed by atoms with E-state index in [-0.39, 0.29) is 23.8 Å². The third-order valence-corrected chi connectivity index (χ3v) is 4.18. The third kappa shape index (κ3) is 3.67. The summed E-state index contributed by atoms with van der Waals surface area (Å²) in [7, 11) is 3.44. The van der Waals surface area contributed by atoms with Crippen molar-refractivity contribution in [1.29, 1.82) is 0 Å². The smallest absolute Gasteiger partial charge is 0.410 e. The van der Waals surface area contributed by atoms with Crippen LogP contribution in [0.1, 0.15) is 33.6 Å². The Hall–Kier alpha value is -0.850. The molecule has 0 N–H and O–H groups in total. The van der Waals surface area contributed by atoms with Crippen molar-refractivity contribution in [3.05, 3.63) is 0 Å². The summed E-state index contributed by atoms with van der Waals surface area (Å²) in [5, 5.41) is 0. The summed E-state index contributed by atoms with van der Waals surface area (Å²) in [4.78, 5) is 13.8. The number of amides is 1. The van der Waals surface area contributed by atoms with Gasteiger partial charge in [-0.05, 0) is 20.8 Å². The average molecular weight is 301 g/mol. The van der Waals surface area contributed by atoms with Gasteiger partial charge in [0.1, 0.15) is 17.3 Å². The van der Waals surface area contributed by atoms with Crippen LogP contribution in [0.2, 0.25) is 0 Å². The molecule has 6 nitrogen and oxygen atoms in total. The summed E-state index contributed by atoms with van der Waals surface area (Å²) >= 11 is 0. The maximum absolute atomic E-state index is 12.2. The van der Waals surface area contributed by atoms with Crippen LogP contribution in [0, 0.1) is 0 Å². The molecule has 21 heavy (non-hydrogen) atoms. The fraction of sp³-hybridized carbons (Fsp3) is 0.933. The minimum absolute atomic E-state index is 0.00981. The molecule has 6 heteroatoms. The van der Waals surface area contributed by atoms with E-state index in [1.165, 1.54) is 0 Å². The first kappa shape index (κ1) is 16.5. The van der Waals surface area contributed by atoms with Crippen molar-refractivity contribution >= 4 is 6.09 Å². The second-order valence-electron chi connectivity index (χ2n) is 6.87. The normalized spacial score (nSPS) is 33.2. The van der Waals surface area contributed by atoms with E-state index in [0.717, 1.165) is 12.8 Å². The van der Waals surface area contributed by atoms with Crippen LogP contribution in [0.3, 0.4) is 0 Å². The third-order valence-electron chi connectivity index (χ3n) is 4.18. The highest BCUT2D eigenvalue weighted by atomic mass is 16.6. The highest BCUT2D eigenvalue weighted by Gasteiger charge is 2.50. The van der Waals surface area contributed by atoms with Crippen LogP contribution in [0.4, 0.5) is 4.79 Å². The Morgan fingerprint density at radius 1 is 1.33 bits per heavy atom. The molecule has 2 aliphatic heterocycles. The Bertz CT molecular complexity index is 381. The van der Waals surface area contributed by atoms with Gasteiger partial charge in [0.15, 0.2) is 0 Å². The second-order valence-corrected chi connectivity index (χ2v) is 6.87. The Labute approximate surface area is 126 Å². The summed E-state index contributed by atoms with van der Waals surface area (Å²) in [5.41, 5.74) is -0.829. The van der Waals surface area contributed by atoms with Gasteiger partial charge in [0, 0.05) is 33.6 Å². The molecule has 122 valence electrons. The molecule has 0 aliphatic carbocycles. The number of carbonyl (C=O) groups is 1. The van der Waals surface area contributed by atoms with Crippen molar-refractivity contribution in [3.8, 4) is 0 Å². The minimum Gasteiger partial charge on any atom is -0.444 e. The zero-order valence-corrected chi connectivity index (χ0v) is 13.7. The molecule has 0 saturated carbocycles. The van der Waals surface area contributed by atoms with E-state index in [0.29, 0.717) is 19.8 Å². The van der Waals surface area contributed by atoms with Gasteiger partial charge in [-0.15, -0.1) is 0 Å². The van der Waals surface area contributed by atoms with Crippen LogP contribution < -0.4 is 0 Å². The first-order chi connectivity index (χ1) is 9.77. The SMILES string of the molecule is CO[C@@H]1COCC[C@@]12C[C@H](N(C)C(=O)OC(C)(C)C)CO2. The molecule has 0 aromatic rings. The molecule has 2 rings (SSSR count). The first-order valence-corrected chi connectivity index (χ1v) is 7.48. The van der Waals surface area contributed by atoms with Crippen molar-refractivity contribution in [2.24, 2.45) is 0 Å². The quantitative estimate of drug-likeness (QED) is 0.778. The highest BCUT2D eigenvalue weighted by Crippen LogP contribution is 2.38. The van der Waals surface area contributed by atoms with Crippen LogP contribution in [-0.2, 0) is 18.9 Å². The molecule has 0 unspecified atom stereocenters. The lowest BCUT2D eigenvalue weighted by atomic mass is 9.87. The van der Waals surface area contributed by atoms with E-state index in [4.69, 9.17) is 18.9 Å². The van der Waals surface area contributed by atoms with E-state index in [2.05, 4.69) is 0 Å². The molecular formula is C15H27NO5. The van der Waals surface area contributed by atoms with Gasteiger partial charge in [-0.1, -0.05) is 0 Å². The van der Waals surface area contributed by atoms with Gasteiger partial charge in [0.25, 0.3) is 0 Å². The number of ether oxygens (including phenoxy) is 4. The van der Waals surface area contributed by atoms with Crippen LogP contribution >= 0.6 is 0 Å². The summed E-state index contributed by atoms with van der Waals surface area (Å²) in [5.74, 6) is 0. The molecule has 3 atom stereocenters. The largest absolute Gasteiger partial charge is 0.444 e. The van der Waals surface area contributed by atoms with Crippen molar-refractivity contribution in [2.75, 3.05) is 34.0 Å². The zero-order valence-electron chi connectivity index (χ0n) is 13.7. The Balaban J connectivity index is 1.99. The van der Waals surface area contributed by atoms with Crippen molar-refractivity contribution in [3.63, 3.8) is 0 Å². The van der Waals surface area contributed by atoms with E-state index < -0.39 is 5.60 Å². The van der Waals surface area contributed by atoms with Gasteiger partial charge >= 0.3 is 6.09 Å².